The molecule has 0 bridgehead atoms. The van der Waals surface area contributed by atoms with E-state index in [1.165, 1.54) is 0 Å². The van der Waals surface area contributed by atoms with Gasteiger partial charge in [0.05, 0.1) is 0 Å². The van der Waals surface area contributed by atoms with Crippen molar-refractivity contribution in [3.05, 3.63) is 29.3 Å². The lowest BCUT2D eigenvalue weighted by atomic mass is 10.0. The van der Waals surface area contributed by atoms with E-state index in [1.54, 1.807) is 0 Å². The summed E-state index contributed by atoms with van der Waals surface area (Å²) in [4.78, 5) is 0. The third-order valence-corrected chi connectivity index (χ3v) is 3.07. The number of nitrogens with one attached hydrogen (secondary N) is 1. The second kappa shape index (κ2) is 6.87. The van der Waals surface area contributed by atoms with E-state index in [0.717, 1.165) is 31.7 Å². The fourth-order valence-corrected chi connectivity index (χ4v) is 1.76. The molecule has 0 aromatic heterocycles. The van der Waals surface area contributed by atoms with E-state index in [-0.39, 0.29) is 5.60 Å². The van der Waals surface area contributed by atoms with Crippen molar-refractivity contribution in [1.82, 2.24) is 5.32 Å². The summed E-state index contributed by atoms with van der Waals surface area (Å²) in [7, 11) is 0. The first-order chi connectivity index (χ1) is 8.09. The summed E-state index contributed by atoms with van der Waals surface area (Å²) in [6.45, 7) is 8.29. The highest BCUT2D eigenvalue weighted by Gasteiger charge is 2.23. The first-order valence-electron chi connectivity index (χ1n) is 6.25. The first-order valence-corrected chi connectivity index (χ1v) is 6.62. The molecule has 1 unspecified atom stereocenters. The summed E-state index contributed by atoms with van der Waals surface area (Å²) in [5.74, 6) is 0.833. The summed E-state index contributed by atoms with van der Waals surface area (Å²) in [6, 6.07) is 7.56. The van der Waals surface area contributed by atoms with Crippen molar-refractivity contribution in [2.24, 2.45) is 0 Å². The lowest BCUT2D eigenvalue weighted by Gasteiger charge is -2.30. The quantitative estimate of drug-likeness (QED) is 0.747. The average Bonchev–Trinajstić information content (AvgIpc) is 2.29. The molecule has 0 amide bonds. The molecular formula is C14H22ClNO. The fourth-order valence-electron chi connectivity index (χ4n) is 1.58. The molecule has 0 aliphatic heterocycles. The molecule has 0 radical (unpaired) electrons. The van der Waals surface area contributed by atoms with Crippen molar-refractivity contribution >= 4 is 11.6 Å². The Bertz CT molecular complexity index is 343. The maximum atomic E-state index is 6.03. The van der Waals surface area contributed by atoms with Gasteiger partial charge in [0.1, 0.15) is 11.4 Å². The van der Waals surface area contributed by atoms with Crippen LogP contribution in [0.1, 0.15) is 33.6 Å². The maximum absolute atomic E-state index is 6.03. The standard InChI is InChI=1S/C14H22ClNO/c1-4-9-16-11-14(3,5-2)17-13-8-6-7-12(15)10-13/h6-8,10,16H,4-5,9,11H2,1-3H3. The number of hydrogen-bond acceptors (Lipinski definition) is 2. The third kappa shape index (κ3) is 4.97. The van der Waals surface area contributed by atoms with Crippen LogP contribution < -0.4 is 10.1 Å². The predicted octanol–water partition coefficient (Wildman–Crippen LogP) is 3.89. The van der Waals surface area contributed by atoms with Crippen LogP contribution in [0.5, 0.6) is 5.75 Å². The van der Waals surface area contributed by atoms with E-state index in [0.29, 0.717) is 5.02 Å². The van der Waals surface area contributed by atoms with Gasteiger partial charge in [0, 0.05) is 11.6 Å². The van der Waals surface area contributed by atoms with Crippen LogP contribution in [0.2, 0.25) is 5.02 Å². The molecular weight excluding hydrogens is 234 g/mol. The van der Waals surface area contributed by atoms with Crippen molar-refractivity contribution < 1.29 is 4.74 Å². The van der Waals surface area contributed by atoms with E-state index in [1.807, 2.05) is 24.3 Å². The van der Waals surface area contributed by atoms with Crippen LogP contribution in [0.25, 0.3) is 0 Å². The zero-order chi connectivity index (χ0) is 12.7. The average molecular weight is 256 g/mol. The van der Waals surface area contributed by atoms with Crippen LogP contribution in [0, 0.1) is 0 Å². The van der Waals surface area contributed by atoms with Crippen molar-refractivity contribution in [2.75, 3.05) is 13.1 Å². The molecule has 0 fully saturated rings. The molecule has 3 heteroatoms. The van der Waals surface area contributed by atoms with Gasteiger partial charge < -0.3 is 10.1 Å². The lowest BCUT2D eigenvalue weighted by molar-refractivity contribution is 0.0838. The molecule has 96 valence electrons. The zero-order valence-electron chi connectivity index (χ0n) is 10.9. The molecule has 1 atom stereocenters. The highest BCUT2D eigenvalue weighted by atomic mass is 35.5. The highest BCUT2D eigenvalue weighted by Crippen LogP contribution is 2.23. The second-order valence-corrected chi connectivity index (χ2v) is 4.98. The molecule has 0 spiro atoms. The van der Waals surface area contributed by atoms with Crippen LogP contribution in [-0.4, -0.2) is 18.7 Å². The second-order valence-electron chi connectivity index (χ2n) is 4.54. The minimum atomic E-state index is -0.181. The normalized spacial score (nSPS) is 14.4. The molecule has 1 aromatic rings. The minimum absolute atomic E-state index is 0.181. The molecule has 0 aliphatic rings. The largest absolute Gasteiger partial charge is 0.486 e. The lowest BCUT2D eigenvalue weighted by Crippen LogP contribution is -2.42. The predicted molar refractivity (Wildman–Crippen MR) is 73.9 cm³/mol. The van der Waals surface area contributed by atoms with Gasteiger partial charge in [-0.15, -0.1) is 0 Å². The number of ether oxygens (including phenoxy) is 1. The van der Waals surface area contributed by atoms with Gasteiger partial charge >= 0.3 is 0 Å². The summed E-state index contributed by atoms with van der Waals surface area (Å²) >= 11 is 5.95. The Kier molecular flexibility index (Phi) is 5.79. The van der Waals surface area contributed by atoms with Crippen LogP contribution in [0.4, 0.5) is 0 Å². The Morgan fingerprint density at radius 3 is 2.71 bits per heavy atom. The van der Waals surface area contributed by atoms with Crippen molar-refractivity contribution in [3.63, 3.8) is 0 Å². The van der Waals surface area contributed by atoms with Crippen molar-refractivity contribution in [3.8, 4) is 5.75 Å². The van der Waals surface area contributed by atoms with Crippen molar-refractivity contribution in [2.45, 2.75) is 39.2 Å². The Labute approximate surface area is 109 Å². The van der Waals surface area contributed by atoms with E-state index in [4.69, 9.17) is 16.3 Å². The molecule has 0 saturated carbocycles. The molecule has 1 aromatic carbocycles. The number of benzene rings is 1. The fraction of sp³-hybridized carbons (Fsp3) is 0.571. The molecule has 17 heavy (non-hydrogen) atoms. The van der Waals surface area contributed by atoms with Gasteiger partial charge in [-0.25, -0.2) is 0 Å². The van der Waals surface area contributed by atoms with Gasteiger partial charge in [0.25, 0.3) is 0 Å². The van der Waals surface area contributed by atoms with Gasteiger partial charge in [-0.05, 0) is 44.5 Å². The monoisotopic (exact) mass is 255 g/mol. The summed E-state index contributed by atoms with van der Waals surface area (Å²) in [6.07, 6.45) is 2.09. The van der Waals surface area contributed by atoms with Gasteiger partial charge in [0.2, 0.25) is 0 Å². The molecule has 1 rings (SSSR count). The first kappa shape index (κ1) is 14.3. The van der Waals surface area contributed by atoms with E-state index < -0.39 is 0 Å². The summed E-state index contributed by atoms with van der Waals surface area (Å²) in [5, 5.41) is 4.11. The Morgan fingerprint density at radius 1 is 1.35 bits per heavy atom. The maximum Gasteiger partial charge on any atom is 0.121 e. The smallest absolute Gasteiger partial charge is 0.121 e. The highest BCUT2D eigenvalue weighted by molar-refractivity contribution is 6.30. The van der Waals surface area contributed by atoms with Gasteiger partial charge in [-0.2, -0.15) is 0 Å². The molecule has 2 nitrogen and oxygen atoms in total. The van der Waals surface area contributed by atoms with E-state index in [2.05, 4.69) is 26.1 Å². The van der Waals surface area contributed by atoms with Gasteiger partial charge in [0.15, 0.2) is 0 Å². The number of rotatable bonds is 7. The van der Waals surface area contributed by atoms with Crippen LogP contribution >= 0.6 is 11.6 Å². The van der Waals surface area contributed by atoms with Crippen LogP contribution in [-0.2, 0) is 0 Å². The van der Waals surface area contributed by atoms with Crippen molar-refractivity contribution in [1.29, 1.82) is 0 Å². The van der Waals surface area contributed by atoms with E-state index in [9.17, 15) is 0 Å². The van der Waals surface area contributed by atoms with Crippen LogP contribution in [0.3, 0.4) is 0 Å². The SMILES string of the molecule is CCCNCC(C)(CC)Oc1cccc(Cl)c1. The van der Waals surface area contributed by atoms with Gasteiger partial charge in [-0.1, -0.05) is 31.5 Å². The Balaban J connectivity index is 2.61. The number of hydrogen-bond donors (Lipinski definition) is 1. The molecule has 1 N–H and O–H groups in total. The molecule has 0 heterocycles. The molecule has 0 aliphatic carbocycles. The topological polar surface area (TPSA) is 21.3 Å². The summed E-state index contributed by atoms with van der Waals surface area (Å²) < 4.78 is 6.03. The van der Waals surface area contributed by atoms with E-state index >= 15 is 0 Å². The number of halogens is 1. The third-order valence-electron chi connectivity index (χ3n) is 2.83. The Hall–Kier alpha value is -0.730. The van der Waals surface area contributed by atoms with Gasteiger partial charge in [-0.3, -0.25) is 0 Å². The zero-order valence-corrected chi connectivity index (χ0v) is 11.7. The molecule has 0 saturated heterocycles. The Morgan fingerprint density at radius 2 is 2.12 bits per heavy atom. The van der Waals surface area contributed by atoms with Crippen LogP contribution in [0.15, 0.2) is 24.3 Å². The summed E-state index contributed by atoms with van der Waals surface area (Å²) in [5.41, 5.74) is -0.181. The minimum Gasteiger partial charge on any atom is -0.486 e.